The summed E-state index contributed by atoms with van der Waals surface area (Å²) in [6, 6.07) is 1.44. The fourth-order valence-electron chi connectivity index (χ4n) is 2.25. The molecule has 6 nitrogen and oxygen atoms in total. The summed E-state index contributed by atoms with van der Waals surface area (Å²) in [7, 11) is 1.87. The highest BCUT2D eigenvalue weighted by atomic mass is 19.4. The van der Waals surface area contributed by atoms with Crippen LogP contribution < -0.4 is 5.32 Å². The Morgan fingerprint density at radius 1 is 1.42 bits per heavy atom. The van der Waals surface area contributed by atoms with Crippen molar-refractivity contribution in [3.63, 3.8) is 0 Å². The molecule has 1 amide bonds. The van der Waals surface area contributed by atoms with Crippen molar-refractivity contribution in [3.05, 3.63) is 29.8 Å². The SMILES string of the molecule is CNCC1CCCN1C(=O)c1cncc(F)c1.O=C(O)C(F)(F)F. The van der Waals surface area contributed by atoms with Gasteiger partial charge in [0, 0.05) is 25.3 Å². The third-order valence-corrected chi connectivity index (χ3v) is 3.27. The number of carbonyl (C=O) groups is 2. The van der Waals surface area contributed by atoms with Gasteiger partial charge in [-0.25, -0.2) is 9.18 Å². The van der Waals surface area contributed by atoms with Crippen molar-refractivity contribution >= 4 is 11.9 Å². The molecule has 1 fully saturated rings. The minimum Gasteiger partial charge on any atom is -0.475 e. The number of amides is 1. The quantitative estimate of drug-likeness (QED) is 0.810. The molecular formula is C14H17F4N3O3. The Balaban J connectivity index is 0.000000351. The van der Waals surface area contributed by atoms with Crippen LogP contribution in [0.1, 0.15) is 23.2 Å². The lowest BCUT2D eigenvalue weighted by Gasteiger charge is -2.24. The van der Waals surface area contributed by atoms with Gasteiger partial charge in [-0.1, -0.05) is 0 Å². The molecule has 0 spiro atoms. The predicted molar refractivity (Wildman–Crippen MR) is 75.9 cm³/mol. The van der Waals surface area contributed by atoms with Crippen LogP contribution in [0, 0.1) is 5.82 Å². The molecule has 0 saturated carbocycles. The number of alkyl halides is 3. The Labute approximate surface area is 135 Å². The molecule has 1 aromatic rings. The molecule has 2 rings (SSSR count). The van der Waals surface area contributed by atoms with Crippen molar-refractivity contribution in [2.45, 2.75) is 25.1 Å². The van der Waals surface area contributed by atoms with Crippen LogP contribution in [0.15, 0.2) is 18.5 Å². The van der Waals surface area contributed by atoms with Gasteiger partial charge in [-0.05, 0) is 26.0 Å². The van der Waals surface area contributed by atoms with E-state index < -0.39 is 18.0 Å². The van der Waals surface area contributed by atoms with E-state index in [1.807, 2.05) is 7.05 Å². The minimum atomic E-state index is -5.08. The maximum atomic E-state index is 13.0. The molecule has 0 aromatic carbocycles. The number of carboxylic acid groups (broad SMARTS) is 1. The fraction of sp³-hybridized carbons (Fsp3) is 0.500. The molecule has 0 radical (unpaired) electrons. The van der Waals surface area contributed by atoms with Crippen LogP contribution in [-0.4, -0.2) is 59.2 Å². The van der Waals surface area contributed by atoms with E-state index in [1.54, 1.807) is 4.90 Å². The van der Waals surface area contributed by atoms with Crippen molar-refractivity contribution in [1.29, 1.82) is 0 Å². The van der Waals surface area contributed by atoms with Crippen LogP contribution >= 0.6 is 0 Å². The maximum absolute atomic E-state index is 13.0. The number of pyridine rings is 1. The number of carbonyl (C=O) groups excluding carboxylic acids is 1. The number of halogens is 4. The highest BCUT2D eigenvalue weighted by molar-refractivity contribution is 5.94. The summed E-state index contributed by atoms with van der Waals surface area (Å²) in [5.41, 5.74) is 0.327. The first kappa shape index (κ1) is 19.8. The smallest absolute Gasteiger partial charge is 0.475 e. The Morgan fingerprint density at radius 2 is 2.04 bits per heavy atom. The highest BCUT2D eigenvalue weighted by Crippen LogP contribution is 2.19. The van der Waals surface area contributed by atoms with Gasteiger partial charge in [0.05, 0.1) is 11.8 Å². The molecule has 1 aliphatic heterocycles. The molecular weight excluding hydrogens is 334 g/mol. The normalized spacial score (nSPS) is 17.2. The lowest BCUT2D eigenvalue weighted by Crippen LogP contribution is -2.40. The molecule has 10 heteroatoms. The van der Waals surface area contributed by atoms with Gasteiger partial charge in [0.1, 0.15) is 5.82 Å². The summed E-state index contributed by atoms with van der Waals surface area (Å²) in [4.78, 5) is 26.6. The number of likely N-dealkylation sites (N-methyl/N-ethyl adjacent to an activating group) is 1. The molecule has 2 N–H and O–H groups in total. The molecule has 0 bridgehead atoms. The van der Waals surface area contributed by atoms with E-state index in [4.69, 9.17) is 9.90 Å². The second-order valence-corrected chi connectivity index (χ2v) is 5.05. The third-order valence-electron chi connectivity index (χ3n) is 3.27. The Morgan fingerprint density at radius 3 is 2.54 bits per heavy atom. The van der Waals surface area contributed by atoms with Crippen molar-refractivity contribution in [2.24, 2.45) is 0 Å². The summed E-state index contributed by atoms with van der Waals surface area (Å²) >= 11 is 0. The van der Waals surface area contributed by atoms with Crippen LogP contribution in [-0.2, 0) is 4.79 Å². The average Bonchev–Trinajstić information content (AvgIpc) is 2.95. The lowest BCUT2D eigenvalue weighted by atomic mass is 10.2. The van der Waals surface area contributed by atoms with E-state index in [2.05, 4.69) is 10.3 Å². The molecule has 24 heavy (non-hydrogen) atoms. The van der Waals surface area contributed by atoms with Gasteiger partial charge in [-0.2, -0.15) is 13.2 Å². The number of aliphatic carboxylic acids is 1. The van der Waals surface area contributed by atoms with Crippen molar-refractivity contribution in [1.82, 2.24) is 15.2 Å². The Bertz CT molecular complexity index is 581. The monoisotopic (exact) mass is 351 g/mol. The van der Waals surface area contributed by atoms with Gasteiger partial charge in [-0.3, -0.25) is 9.78 Å². The van der Waals surface area contributed by atoms with Crippen LogP contribution in [0.5, 0.6) is 0 Å². The molecule has 1 unspecified atom stereocenters. The van der Waals surface area contributed by atoms with Crippen molar-refractivity contribution in [3.8, 4) is 0 Å². The number of rotatable bonds is 3. The first-order chi connectivity index (χ1) is 11.2. The van der Waals surface area contributed by atoms with Crippen LogP contribution in [0.25, 0.3) is 0 Å². The largest absolute Gasteiger partial charge is 0.490 e. The molecule has 2 heterocycles. The average molecular weight is 351 g/mol. The van der Waals surface area contributed by atoms with Gasteiger partial charge in [0.2, 0.25) is 0 Å². The topological polar surface area (TPSA) is 82.5 Å². The fourth-order valence-corrected chi connectivity index (χ4v) is 2.25. The number of nitrogens with one attached hydrogen (secondary N) is 1. The Hall–Kier alpha value is -2.23. The van der Waals surface area contributed by atoms with Gasteiger partial charge >= 0.3 is 12.1 Å². The predicted octanol–water partition coefficient (Wildman–Crippen LogP) is 1.68. The van der Waals surface area contributed by atoms with E-state index in [-0.39, 0.29) is 11.9 Å². The molecule has 1 atom stereocenters. The first-order valence-corrected chi connectivity index (χ1v) is 7.03. The summed E-state index contributed by atoms with van der Waals surface area (Å²) in [6.07, 6.45) is -0.567. The van der Waals surface area contributed by atoms with Gasteiger partial charge in [0.15, 0.2) is 0 Å². The van der Waals surface area contributed by atoms with Crippen LogP contribution in [0.3, 0.4) is 0 Å². The van der Waals surface area contributed by atoms with E-state index in [0.29, 0.717) is 5.56 Å². The number of hydrogen-bond donors (Lipinski definition) is 2. The molecule has 1 aliphatic rings. The van der Waals surface area contributed by atoms with E-state index in [0.717, 1.165) is 32.1 Å². The highest BCUT2D eigenvalue weighted by Gasteiger charge is 2.38. The second-order valence-electron chi connectivity index (χ2n) is 5.05. The summed E-state index contributed by atoms with van der Waals surface area (Å²) in [5, 5.41) is 10.2. The number of aromatic nitrogens is 1. The molecule has 0 aliphatic carbocycles. The summed E-state index contributed by atoms with van der Waals surface area (Å²) in [6.45, 7) is 1.51. The molecule has 1 saturated heterocycles. The van der Waals surface area contributed by atoms with Gasteiger partial charge < -0.3 is 15.3 Å². The number of likely N-dealkylation sites (tertiary alicyclic amines) is 1. The third kappa shape index (κ3) is 5.76. The molecule has 1 aromatic heterocycles. The zero-order chi connectivity index (χ0) is 18.3. The van der Waals surface area contributed by atoms with Crippen molar-refractivity contribution in [2.75, 3.05) is 20.1 Å². The van der Waals surface area contributed by atoms with Gasteiger partial charge in [0.25, 0.3) is 5.91 Å². The van der Waals surface area contributed by atoms with E-state index >= 15 is 0 Å². The lowest BCUT2D eigenvalue weighted by molar-refractivity contribution is -0.192. The first-order valence-electron chi connectivity index (χ1n) is 7.03. The molecule has 134 valence electrons. The minimum absolute atomic E-state index is 0.130. The van der Waals surface area contributed by atoms with Gasteiger partial charge in [-0.15, -0.1) is 0 Å². The zero-order valence-electron chi connectivity index (χ0n) is 12.8. The Kier molecular flexibility index (Phi) is 7.08. The van der Waals surface area contributed by atoms with Crippen molar-refractivity contribution < 1.29 is 32.3 Å². The standard InChI is InChI=1S/C12H16FN3O.C2HF3O2/c1-14-8-11-3-2-4-16(11)12(17)9-5-10(13)7-15-6-9;3-2(4,5)1(6)7/h5-7,11,14H,2-4,8H2,1H3;(H,6,7). The van der Waals surface area contributed by atoms with E-state index in [1.165, 1.54) is 12.3 Å². The maximum Gasteiger partial charge on any atom is 0.490 e. The zero-order valence-corrected chi connectivity index (χ0v) is 12.8. The number of nitrogens with zero attached hydrogens (tertiary/aromatic N) is 2. The summed E-state index contributed by atoms with van der Waals surface area (Å²) in [5.74, 6) is -3.36. The van der Waals surface area contributed by atoms with E-state index in [9.17, 15) is 22.4 Å². The summed E-state index contributed by atoms with van der Waals surface area (Å²) < 4.78 is 44.8. The number of hydrogen-bond acceptors (Lipinski definition) is 4. The van der Waals surface area contributed by atoms with Crippen LogP contribution in [0.2, 0.25) is 0 Å². The second kappa shape index (κ2) is 8.57. The van der Waals surface area contributed by atoms with Crippen LogP contribution in [0.4, 0.5) is 17.6 Å². The number of carboxylic acids is 1.